The van der Waals surface area contributed by atoms with Crippen LogP contribution in [0.1, 0.15) is 5.56 Å². The highest BCUT2D eigenvalue weighted by molar-refractivity contribution is 6.64. The molecule has 86 valence electrons. The van der Waals surface area contributed by atoms with Crippen LogP contribution in [0.3, 0.4) is 0 Å². The Morgan fingerprint density at radius 2 is 2.19 bits per heavy atom. The normalized spacial score (nSPS) is 21.9. The van der Waals surface area contributed by atoms with Crippen LogP contribution in [0.5, 0.6) is 0 Å². The van der Waals surface area contributed by atoms with Crippen LogP contribution in [-0.2, 0) is 16.1 Å². The molecule has 4 heteroatoms. The first kappa shape index (κ1) is 11.6. The van der Waals surface area contributed by atoms with Crippen molar-refractivity contribution < 1.29 is 9.53 Å². The number of halogens is 1. The van der Waals surface area contributed by atoms with Gasteiger partial charge in [-0.1, -0.05) is 30.3 Å². The average Bonchev–Trinajstić information content (AvgIpc) is 2.30. The Morgan fingerprint density at radius 3 is 2.88 bits per heavy atom. The number of hydrogen-bond donors (Lipinski definition) is 0. The van der Waals surface area contributed by atoms with E-state index in [-0.39, 0.29) is 0 Å². The van der Waals surface area contributed by atoms with Crippen LogP contribution in [0.4, 0.5) is 0 Å². The van der Waals surface area contributed by atoms with Crippen molar-refractivity contribution >= 4 is 16.8 Å². The SMILES string of the molecule is O=C(Cl)[C@@H]1CN(Cc2ccccc2)CCO1. The zero-order valence-corrected chi connectivity index (χ0v) is 9.69. The predicted octanol–water partition coefficient (Wildman–Crippen LogP) is 1.65. The molecule has 2 rings (SSSR count). The van der Waals surface area contributed by atoms with Gasteiger partial charge < -0.3 is 4.74 Å². The second kappa shape index (κ2) is 5.43. The van der Waals surface area contributed by atoms with Crippen molar-refractivity contribution in [1.82, 2.24) is 4.90 Å². The Morgan fingerprint density at radius 1 is 1.44 bits per heavy atom. The summed E-state index contributed by atoms with van der Waals surface area (Å²) in [4.78, 5) is 13.2. The fourth-order valence-corrected chi connectivity index (χ4v) is 1.96. The molecular weight excluding hydrogens is 226 g/mol. The molecule has 1 saturated heterocycles. The zero-order valence-electron chi connectivity index (χ0n) is 8.93. The maximum atomic E-state index is 11.0. The van der Waals surface area contributed by atoms with Gasteiger partial charge in [0.1, 0.15) is 6.10 Å². The first-order valence-corrected chi connectivity index (χ1v) is 5.71. The lowest BCUT2D eigenvalue weighted by molar-refractivity contribution is -0.128. The van der Waals surface area contributed by atoms with E-state index < -0.39 is 11.3 Å². The van der Waals surface area contributed by atoms with Crippen molar-refractivity contribution in [3.8, 4) is 0 Å². The van der Waals surface area contributed by atoms with E-state index in [1.807, 2.05) is 18.2 Å². The second-order valence-corrected chi connectivity index (χ2v) is 4.26. The maximum absolute atomic E-state index is 11.0. The summed E-state index contributed by atoms with van der Waals surface area (Å²) in [6.45, 7) is 2.83. The Hall–Kier alpha value is -0.900. The maximum Gasteiger partial charge on any atom is 0.251 e. The summed E-state index contributed by atoms with van der Waals surface area (Å²) in [6, 6.07) is 10.2. The number of carbonyl (C=O) groups is 1. The van der Waals surface area contributed by atoms with E-state index in [9.17, 15) is 4.79 Å². The van der Waals surface area contributed by atoms with Crippen LogP contribution < -0.4 is 0 Å². The number of rotatable bonds is 3. The van der Waals surface area contributed by atoms with E-state index >= 15 is 0 Å². The first-order valence-electron chi connectivity index (χ1n) is 5.33. The summed E-state index contributed by atoms with van der Waals surface area (Å²) in [6.07, 6.45) is -0.473. The summed E-state index contributed by atoms with van der Waals surface area (Å²) in [5, 5.41) is -0.405. The topological polar surface area (TPSA) is 29.5 Å². The van der Waals surface area contributed by atoms with Crippen molar-refractivity contribution in [2.45, 2.75) is 12.6 Å². The van der Waals surface area contributed by atoms with E-state index in [1.54, 1.807) is 0 Å². The molecule has 0 aromatic heterocycles. The Bertz CT molecular complexity index is 355. The highest BCUT2D eigenvalue weighted by Crippen LogP contribution is 2.11. The van der Waals surface area contributed by atoms with Crippen molar-refractivity contribution in [2.24, 2.45) is 0 Å². The number of morpholine rings is 1. The molecule has 0 bridgehead atoms. The number of benzene rings is 1. The number of hydrogen-bond acceptors (Lipinski definition) is 3. The standard InChI is InChI=1S/C12H14ClNO2/c13-12(15)11-9-14(6-7-16-11)8-10-4-2-1-3-5-10/h1-5,11H,6-9H2/t11-/m0/s1. The number of nitrogens with zero attached hydrogens (tertiary/aromatic N) is 1. The molecule has 0 unspecified atom stereocenters. The van der Waals surface area contributed by atoms with Gasteiger partial charge in [0, 0.05) is 19.6 Å². The second-order valence-electron chi connectivity index (χ2n) is 3.88. The molecule has 1 fully saturated rings. The molecule has 0 amide bonds. The molecule has 1 heterocycles. The molecule has 1 aliphatic rings. The van der Waals surface area contributed by atoms with Gasteiger partial charge in [-0.25, -0.2) is 0 Å². The van der Waals surface area contributed by atoms with Crippen LogP contribution in [0.25, 0.3) is 0 Å². The molecule has 1 aliphatic heterocycles. The molecule has 0 radical (unpaired) electrons. The van der Waals surface area contributed by atoms with Gasteiger partial charge in [-0.2, -0.15) is 0 Å². The Labute approximate surface area is 100.0 Å². The van der Waals surface area contributed by atoms with Gasteiger partial charge in [0.2, 0.25) is 0 Å². The Balaban J connectivity index is 1.93. The van der Waals surface area contributed by atoms with Crippen LogP contribution in [-0.4, -0.2) is 35.9 Å². The van der Waals surface area contributed by atoms with Gasteiger partial charge >= 0.3 is 0 Å². The molecule has 3 nitrogen and oxygen atoms in total. The van der Waals surface area contributed by atoms with E-state index in [4.69, 9.17) is 16.3 Å². The Kier molecular flexibility index (Phi) is 3.93. The molecule has 1 aromatic rings. The summed E-state index contributed by atoms with van der Waals surface area (Å²) in [7, 11) is 0. The molecule has 1 aromatic carbocycles. The van der Waals surface area contributed by atoms with Crippen molar-refractivity contribution in [3.63, 3.8) is 0 Å². The average molecular weight is 240 g/mol. The van der Waals surface area contributed by atoms with Gasteiger partial charge in [0.05, 0.1) is 6.61 Å². The minimum Gasteiger partial charge on any atom is -0.366 e. The molecule has 0 N–H and O–H groups in total. The summed E-state index contributed by atoms with van der Waals surface area (Å²) >= 11 is 5.43. The number of ether oxygens (including phenoxy) is 1. The van der Waals surface area contributed by atoms with E-state index in [0.717, 1.165) is 13.1 Å². The molecule has 0 aliphatic carbocycles. The highest BCUT2D eigenvalue weighted by Gasteiger charge is 2.24. The molecule has 0 saturated carbocycles. The quantitative estimate of drug-likeness (QED) is 0.752. The van der Waals surface area contributed by atoms with Gasteiger partial charge in [0.25, 0.3) is 5.24 Å². The fraction of sp³-hybridized carbons (Fsp3) is 0.417. The smallest absolute Gasteiger partial charge is 0.251 e. The van der Waals surface area contributed by atoms with Gasteiger partial charge in [-0.05, 0) is 17.2 Å². The van der Waals surface area contributed by atoms with E-state index in [1.165, 1.54) is 5.56 Å². The lowest BCUT2D eigenvalue weighted by atomic mass is 10.2. The number of carbonyl (C=O) groups excluding carboxylic acids is 1. The zero-order chi connectivity index (χ0) is 11.4. The molecule has 1 atom stereocenters. The van der Waals surface area contributed by atoms with E-state index in [2.05, 4.69) is 17.0 Å². The van der Waals surface area contributed by atoms with Crippen molar-refractivity contribution in [1.29, 1.82) is 0 Å². The lowest BCUT2D eigenvalue weighted by Crippen LogP contribution is -2.44. The summed E-state index contributed by atoms with van der Waals surface area (Å²) < 4.78 is 5.28. The lowest BCUT2D eigenvalue weighted by Gasteiger charge is -2.31. The third kappa shape index (κ3) is 3.04. The van der Waals surface area contributed by atoms with E-state index in [0.29, 0.717) is 13.2 Å². The third-order valence-electron chi connectivity index (χ3n) is 2.65. The summed E-state index contributed by atoms with van der Waals surface area (Å²) in [5.41, 5.74) is 1.24. The molecule has 16 heavy (non-hydrogen) atoms. The van der Waals surface area contributed by atoms with Crippen LogP contribution in [0.2, 0.25) is 0 Å². The minimum atomic E-state index is -0.473. The van der Waals surface area contributed by atoms with Crippen LogP contribution in [0.15, 0.2) is 30.3 Å². The monoisotopic (exact) mass is 239 g/mol. The van der Waals surface area contributed by atoms with Crippen LogP contribution >= 0.6 is 11.6 Å². The minimum absolute atomic E-state index is 0.405. The van der Waals surface area contributed by atoms with Gasteiger partial charge in [0.15, 0.2) is 0 Å². The molecule has 0 spiro atoms. The fourth-order valence-electron chi connectivity index (χ4n) is 1.83. The van der Waals surface area contributed by atoms with Gasteiger partial charge in [-0.3, -0.25) is 9.69 Å². The van der Waals surface area contributed by atoms with Crippen LogP contribution in [0, 0.1) is 0 Å². The van der Waals surface area contributed by atoms with Crippen molar-refractivity contribution in [3.05, 3.63) is 35.9 Å². The molecular formula is C12H14ClNO2. The third-order valence-corrected chi connectivity index (χ3v) is 2.90. The largest absolute Gasteiger partial charge is 0.366 e. The first-order chi connectivity index (χ1) is 7.75. The van der Waals surface area contributed by atoms with Gasteiger partial charge in [-0.15, -0.1) is 0 Å². The van der Waals surface area contributed by atoms with Crippen molar-refractivity contribution in [2.75, 3.05) is 19.7 Å². The summed E-state index contributed by atoms with van der Waals surface area (Å²) in [5.74, 6) is 0. The predicted molar refractivity (Wildman–Crippen MR) is 62.3 cm³/mol. The highest BCUT2D eigenvalue weighted by atomic mass is 35.5.